The van der Waals surface area contributed by atoms with E-state index in [0.717, 1.165) is 34.6 Å². The molecule has 0 atom stereocenters. The van der Waals surface area contributed by atoms with Gasteiger partial charge in [-0.2, -0.15) is 5.10 Å². The van der Waals surface area contributed by atoms with E-state index in [2.05, 4.69) is 10.2 Å². The summed E-state index contributed by atoms with van der Waals surface area (Å²) in [5.41, 5.74) is 5.15. The topological polar surface area (TPSA) is 74.3 Å². The van der Waals surface area contributed by atoms with Gasteiger partial charge in [0, 0.05) is 17.8 Å². The lowest BCUT2D eigenvalue weighted by molar-refractivity contribution is 0.408. The quantitative estimate of drug-likeness (QED) is 0.371. The fraction of sp³-hybridized carbons (Fsp3) is 0.200. The third-order valence-electron chi connectivity index (χ3n) is 5.81. The van der Waals surface area contributed by atoms with Gasteiger partial charge in [-0.05, 0) is 48.2 Å². The monoisotopic (exact) mass is 459 g/mol. The van der Waals surface area contributed by atoms with Crippen LogP contribution in [-0.4, -0.2) is 31.5 Å². The summed E-state index contributed by atoms with van der Waals surface area (Å²) in [5.74, 6) is 0.811. The number of hydrogen-bond donors (Lipinski definition) is 0. The summed E-state index contributed by atoms with van der Waals surface area (Å²) in [6.45, 7) is 2.55. The molecule has 0 bridgehead atoms. The van der Waals surface area contributed by atoms with E-state index >= 15 is 0 Å². The Morgan fingerprint density at radius 1 is 1.03 bits per heavy atom. The number of pyridine rings is 1. The zero-order valence-electron chi connectivity index (χ0n) is 18.3. The van der Waals surface area contributed by atoms with E-state index in [1.807, 2.05) is 61.5 Å². The molecule has 3 heterocycles. The average molecular weight is 460 g/mol. The minimum atomic E-state index is -0.196. The van der Waals surface area contributed by atoms with Crippen LogP contribution >= 0.6 is 11.6 Å². The number of methoxy groups -OCH3 is 1. The predicted octanol–water partition coefficient (Wildman–Crippen LogP) is 4.57. The van der Waals surface area contributed by atoms with Crippen LogP contribution in [0.4, 0.5) is 0 Å². The maximum absolute atomic E-state index is 13.2. The van der Waals surface area contributed by atoms with Gasteiger partial charge >= 0.3 is 0 Å². The maximum Gasteiger partial charge on any atom is 0.280 e. The second kappa shape index (κ2) is 8.67. The van der Waals surface area contributed by atoms with Crippen LogP contribution in [0.5, 0.6) is 5.75 Å². The highest BCUT2D eigenvalue weighted by Gasteiger charge is 2.18. The van der Waals surface area contributed by atoms with Crippen molar-refractivity contribution in [3.8, 4) is 16.9 Å². The third kappa shape index (κ3) is 3.74. The standard InChI is InChI=1S/C25H22ClN5O2/c1-3-19-22(17-8-10-18(26)11-9-17)24-28-27-23-20(31(24)29-19)13-15-30(25(23)32)14-12-16-6-4-5-7-21(16)33-2/h4-11,13,15H,3,12,14H2,1-2H3. The van der Waals surface area contributed by atoms with E-state index in [1.54, 1.807) is 22.4 Å². The van der Waals surface area contributed by atoms with Gasteiger partial charge in [-0.3, -0.25) is 4.79 Å². The lowest BCUT2D eigenvalue weighted by Gasteiger charge is -2.10. The van der Waals surface area contributed by atoms with Gasteiger partial charge in [0.05, 0.1) is 18.4 Å². The summed E-state index contributed by atoms with van der Waals surface area (Å²) < 4.78 is 8.79. The van der Waals surface area contributed by atoms with Crippen LogP contribution in [0.1, 0.15) is 18.2 Å². The molecule has 0 spiro atoms. The molecule has 0 aliphatic heterocycles. The molecule has 0 N–H and O–H groups in total. The van der Waals surface area contributed by atoms with E-state index in [9.17, 15) is 4.79 Å². The molecule has 2 aromatic carbocycles. The van der Waals surface area contributed by atoms with E-state index in [0.29, 0.717) is 29.2 Å². The molecule has 5 aromatic rings. The molecule has 166 valence electrons. The number of hydrogen-bond acceptors (Lipinski definition) is 5. The van der Waals surface area contributed by atoms with Gasteiger partial charge in [0.2, 0.25) is 0 Å². The van der Waals surface area contributed by atoms with Crippen molar-refractivity contribution in [3.05, 3.63) is 87.4 Å². The summed E-state index contributed by atoms with van der Waals surface area (Å²) in [7, 11) is 1.65. The van der Waals surface area contributed by atoms with Crippen molar-refractivity contribution < 1.29 is 4.74 Å². The number of benzene rings is 2. The van der Waals surface area contributed by atoms with Crippen molar-refractivity contribution in [1.82, 2.24) is 24.4 Å². The lowest BCUT2D eigenvalue weighted by Crippen LogP contribution is -2.22. The number of ether oxygens (including phenoxy) is 1. The van der Waals surface area contributed by atoms with Crippen LogP contribution < -0.4 is 10.3 Å². The first-order valence-electron chi connectivity index (χ1n) is 10.8. The Bertz CT molecular complexity index is 1520. The number of rotatable bonds is 6. The zero-order chi connectivity index (χ0) is 22.9. The number of para-hydroxylation sites is 1. The van der Waals surface area contributed by atoms with Gasteiger partial charge < -0.3 is 9.30 Å². The minimum absolute atomic E-state index is 0.196. The number of halogens is 1. The highest BCUT2D eigenvalue weighted by Crippen LogP contribution is 2.30. The van der Waals surface area contributed by atoms with Crippen molar-refractivity contribution in [3.63, 3.8) is 0 Å². The van der Waals surface area contributed by atoms with Crippen LogP contribution in [-0.2, 0) is 19.4 Å². The fourth-order valence-electron chi connectivity index (χ4n) is 4.11. The smallest absolute Gasteiger partial charge is 0.280 e. The first kappa shape index (κ1) is 21.2. The highest BCUT2D eigenvalue weighted by molar-refractivity contribution is 6.30. The molecule has 0 aliphatic rings. The largest absolute Gasteiger partial charge is 0.496 e. The predicted molar refractivity (Wildman–Crippen MR) is 129 cm³/mol. The summed E-state index contributed by atoms with van der Waals surface area (Å²) in [5, 5.41) is 14.2. The average Bonchev–Trinajstić information content (AvgIpc) is 3.23. The van der Waals surface area contributed by atoms with Crippen molar-refractivity contribution in [2.75, 3.05) is 7.11 Å². The van der Waals surface area contributed by atoms with Gasteiger partial charge in [-0.1, -0.05) is 48.9 Å². The van der Waals surface area contributed by atoms with E-state index in [4.69, 9.17) is 21.4 Å². The van der Waals surface area contributed by atoms with Gasteiger partial charge in [0.15, 0.2) is 11.2 Å². The van der Waals surface area contributed by atoms with Gasteiger partial charge in [-0.15, -0.1) is 10.2 Å². The Kier molecular flexibility index (Phi) is 5.56. The van der Waals surface area contributed by atoms with Crippen LogP contribution in [0.15, 0.2) is 65.6 Å². The van der Waals surface area contributed by atoms with Crippen molar-refractivity contribution in [1.29, 1.82) is 0 Å². The molecule has 7 nitrogen and oxygen atoms in total. The molecule has 0 amide bonds. The molecule has 3 aromatic heterocycles. The maximum atomic E-state index is 13.2. The number of aromatic nitrogens is 5. The molecule has 5 rings (SSSR count). The zero-order valence-corrected chi connectivity index (χ0v) is 19.1. The van der Waals surface area contributed by atoms with E-state index in [1.165, 1.54) is 0 Å². The Hall–Kier alpha value is -3.71. The van der Waals surface area contributed by atoms with Crippen LogP contribution in [0.3, 0.4) is 0 Å². The molecule has 0 radical (unpaired) electrons. The second-order valence-electron chi connectivity index (χ2n) is 7.73. The van der Waals surface area contributed by atoms with Crippen LogP contribution in [0, 0.1) is 0 Å². The van der Waals surface area contributed by atoms with E-state index < -0.39 is 0 Å². The van der Waals surface area contributed by atoms with Gasteiger partial charge in [0.25, 0.3) is 5.56 Å². The highest BCUT2D eigenvalue weighted by atomic mass is 35.5. The molecule has 8 heteroatoms. The lowest BCUT2D eigenvalue weighted by atomic mass is 10.0. The summed E-state index contributed by atoms with van der Waals surface area (Å²) in [6, 6.07) is 17.3. The Morgan fingerprint density at radius 2 is 1.82 bits per heavy atom. The van der Waals surface area contributed by atoms with Gasteiger partial charge in [0.1, 0.15) is 11.3 Å². The second-order valence-corrected chi connectivity index (χ2v) is 8.16. The SMILES string of the molecule is CCc1nn2c(nnc3c(=O)n(CCc4ccccc4OC)ccc32)c1-c1ccc(Cl)cc1. The molecule has 33 heavy (non-hydrogen) atoms. The minimum Gasteiger partial charge on any atom is -0.496 e. The molecular weight excluding hydrogens is 438 g/mol. The van der Waals surface area contributed by atoms with Crippen LogP contribution in [0.25, 0.3) is 27.8 Å². The number of aryl methyl sites for hydroxylation is 3. The summed E-state index contributed by atoms with van der Waals surface area (Å²) in [4.78, 5) is 13.2. The molecule has 0 unspecified atom stereocenters. The Morgan fingerprint density at radius 3 is 2.58 bits per heavy atom. The normalized spacial score (nSPS) is 11.4. The molecule has 0 saturated carbocycles. The summed E-state index contributed by atoms with van der Waals surface area (Å²) >= 11 is 6.06. The fourth-order valence-corrected chi connectivity index (χ4v) is 4.24. The molecule has 0 saturated heterocycles. The first-order chi connectivity index (χ1) is 16.1. The molecule has 0 fully saturated rings. The van der Waals surface area contributed by atoms with E-state index in [-0.39, 0.29) is 11.1 Å². The number of fused-ring (bicyclic) bond motifs is 3. The van der Waals surface area contributed by atoms with Crippen molar-refractivity contribution in [2.24, 2.45) is 0 Å². The van der Waals surface area contributed by atoms with Crippen LogP contribution in [0.2, 0.25) is 5.02 Å². The van der Waals surface area contributed by atoms with Crippen molar-refractivity contribution in [2.45, 2.75) is 26.3 Å². The van der Waals surface area contributed by atoms with Gasteiger partial charge in [-0.25, -0.2) is 4.52 Å². The number of nitrogens with zero attached hydrogens (tertiary/aromatic N) is 5. The Labute approximate surface area is 195 Å². The van der Waals surface area contributed by atoms with Crippen molar-refractivity contribution >= 4 is 28.3 Å². The third-order valence-corrected chi connectivity index (χ3v) is 6.06. The summed E-state index contributed by atoms with van der Waals surface area (Å²) in [6.07, 6.45) is 3.17. The molecule has 0 aliphatic carbocycles. The molecular formula is C25H22ClN5O2. The first-order valence-corrected chi connectivity index (χ1v) is 11.1. The Balaban J connectivity index is 1.58.